The number of anilines is 1. The zero-order chi connectivity index (χ0) is 11.3. The van der Waals surface area contributed by atoms with Crippen LogP contribution in [0, 0.1) is 9.39 Å². The Labute approximate surface area is 106 Å². The van der Waals surface area contributed by atoms with Crippen molar-refractivity contribution in [3.63, 3.8) is 0 Å². The van der Waals surface area contributed by atoms with E-state index in [1.807, 2.05) is 11.0 Å². The standard InChI is InChI=1S/C11H11FINO2/c12-9-1-6(13)2-10-11(9)14-4-8(15)3-7(14)5-16-10/h1-2,7-8,15H,3-5H2/t7-,8+/m0/s1. The number of halogens is 2. The van der Waals surface area contributed by atoms with E-state index in [4.69, 9.17) is 4.74 Å². The van der Waals surface area contributed by atoms with Gasteiger partial charge in [0.15, 0.2) is 5.82 Å². The molecule has 2 aliphatic rings. The van der Waals surface area contributed by atoms with Gasteiger partial charge in [-0.05, 0) is 41.1 Å². The Morgan fingerprint density at radius 1 is 1.50 bits per heavy atom. The van der Waals surface area contributed by atoms with E-state index in [-0.39, 0.29) is 18.0 Å². The maximum Gasteiger partial charge on any atom is 0.151 e. The van der Waals surface area contributed by atoms with Crippen molar-refractivity contribution in [2.75, 3.05) is 18.1 Å². The lowest BCUT2D eigenvalue weighted by Crippen LogP contribution is -2.38. The number of aliphatic hydroxyl groups is 1. The van der Waals surface area contributed by atoms with E-state index >= 15 is 0 Å². The molecule has 0 spiro atoms. The molecule has 1 N–H and O–H groups in total. The zero-order valence-corrected chi connectivity index (χ0v) is 10.6. The number of fused-ring (bicyclic) bond motifs is 3. The van der Waals surface area contributed by atoms with Crippen LogP contribution in [-0.4, -0.2) is 30.4 Å². The third-order valence-electron chi connectivity index (χ3n) is 3.10. The lowest BCUT2D eigenvalue weighted by atomic mass is 10.1. The fraction of sp³-hybridized carbons (Fsp3) is 0.455. The van der Waals surface area contributed by atoms with Gasteiger partial charge in [-0.25, -0.2) is 4.39 Å². The van der Waals surface area contributed by atoms with Gasteiger partial charge < -0.3 is 14.7 Å². The quantitative estimate of drug-likeness (QED) is 0.734. The third-order valence-corrected chi connectivity index (χ3v) is 3.73. The summed E-state index contributed by atoms with van der Waals surface area (Å²) in [7, 11) is 0. The molecule has 2 atom stereocenters. The van der Waals surface area contributed by atoms with E-state index in [1.165, 1.54) is 6.07 Å². The van der Waals surface area contributed by atoms with Crippen molar-refractivity contribution >= 4 is 28.3 Å². The van der Waals surface area contributed by atoms with Crippen LogP contribution in [-0.2, 0) is 0 Å². The van der Waals surface area contributed by atoms with Crippen LogP contribution in [0.4, 0.5) is 10.1 Å². The molecular formula is C11H11FINO2. The fourth-order valence-corrected chi connectivity index (χ4v) is 3.00. The Balaban J connectivity index is 2.08. The first-order valence-corrected chi connectivity index (χ1v) is 6.29. The number of ether oxygens (including phenoxy) is 1. The van der Waals surface area contributed by atoms with Crippen LogP contribution in [0.3, 0.4) is 0 Å². The highest BCUT2D eigenvalue weighted by Crippen LogP contribution is 2.40. The van der Waals surface area contributed by atoms with Crippen molar-refractivity contribution in [3.05, 3.63) is 21.5 Å². The Morgan fingerprint density at radius 3 is 3.12 bits per heavy atom. The summed E-state index contributed by atoms with van der Waals surface area (Å²) in [6, 6.07) is 3.44. The minimum Gasteiger partial charge on any atom is -0.489 e. The second-order valence-electron chi connectivity index (χ2n) is 4.24. The molecule has 0 aliphatic carbocycles. The summed E-state index contributed by atoms with van der Waals surface area (Å²) in [6.07, 6.45) is 0.281. The smallest absolute Gasteiger partial charge is 0.151 e. The van der Waals surface area contributed by atoms with Crippen LogP contribution in [0.15, 0.2) is 12.1 Å². The molecule has 0 unspecified atom stereocenters. The van der Waals surface area contributed by atoms with Crippen LogP contribution >= 0.6 is 22.6 Å². The van der Waals surface area contributed by atoms with Gasteiger partial charge in [0.2, 0.25) is 0 Å². The predicted octanol–water partition coefficient (Wildman–Crippen LogP) is 1.76. The Hall–Kier alpha value is -0.560. The number of benzene rings is 1. The van der Waals surface area contributed by atoms with Gasteiger partial charge in [-0.3, -0.25) is 0 Å². The normalized spacial score (nSPS) is 27.3. The van der Waals surface area contributed by atoms with Crippen LogP contribution in [0.25, 0.3) is 0 Å². The summed E-state index contributed by atoms with van der Waals surface area (Å²) >= 11 is 2.07. The molecule has 2 heterocycles. The van der Waals surface area contributed by atoms with E-state index in [0.717, 1.165) is 3.57 Å². The van der Waals surface area contributed by atoms with Crippen LogP contribution < -0.4 is 9.64 Å². The Kier molecular flexibility index (Phi) is 2.47. The number of nitrogens with zero attached hydrogens (tertiary/aromatic N) is 1. The van der Waals surface area contributed by atoms with Gasteiger partial charge in [-0.1, -0.05) is 0 Å². The molecule has 0 bridgehead atoms. The van der Waals surface area contributed by atoms with E-state index in [9.17, 15) is 9.50 Å². The molecule has 0 radical (unpaired) electrons. The largest absolute Gasteiger partial charge is 0.489 e. The molecule has 3 rings (SSSR count). The van der Waals surface area contributed by atoms with Crippen molar-refractivity contribution in [3.8, 4) is 5.75 Å². The summed E-state index contributed by atoms with van der Waals surface area (Å²) in [6.45, 7) is 1.03. The summed E-state index contributed by atoms with van der Waals surface area (Å²) < 4.78 is 20.3. The van der Waals surface area contributed by atoms with Gasteiger partial charge in [0, 0.05) is 10.1 Å². The first kappa shape index (κ1) is 10.6. The molecule has 2 aliphatic heterocycles. The van der Waals surface area contributed by atoms with Crippen molar-refractivity contribution in [2.45, 2.75) is 18.6 Å². The van der Waals surface area contributed by atoms with Crippen molar-refractivity contribution < 1.29 is 14.2 Å². The average molecular weight is 335 g/mol. The molecule has 86 valence electrons. The highest BCUT2D eigenvalue weighted by Gasteiger charge is 2.37. The Bertz CT molecular complexity index is 440. The minimum absolute atomic E-state index is 0.108. The van der Waals surface area contributed by atoms with Crippen LogP contribution in [0.1, 0.15) is 6.42 Å². The fourth-order valence-electron chi connectivity index (χ4n) is 2.44. The summed E-state index contributed by atoms with van der Waals surface area (Å²) in [5, 5.41) is 9.61. The first-order chi connectivity index (χ1) is 7.65. The summed E-state index contributed by atoms with van der Waals surface area (Å²) in [4.78, 5) is 1.93. The lowest BCUT2D eigenvalue weighted by molar-refractivity contribution is 0.187. The van der Waals surface area contributed by atoms with E-state index in [0.29, 0.717) is 31.0 Å². The van der Waals surface area contributed by atoms with Gasteiger partial charge in [-0.15, -0.1) is 0 Å². The van der Waals surface area contributed by atoms with E-state index in [2.05, 4.69) is 22.6 Å². The van der Waals surface area contributed by atoms with Gasteiger partial charge in [0.05, 0.1) is 12.1 Å². The van der Waals surface area contributed by atoms with Crippen molar-refractivity contribution in [2.24, 2.45) is 0 Å². The van der Waals surface area contributed by atoms with E-state index < -0.39 is 0 Å². The monoisotopic (exact) mass is 335 g/mol. The van der Waals surface area contributed by atoms with Crippen molar-refractivity contribution in [1.29, 1.82) is 0 Å². The zero-order valence-electron chi connectivity index (χ0n) is 8.49. The molecule has 1 aromatic carbocycles. The van der Waals surface area contributed by atoms with Gasteiger partial charge in [0.1, 0.15) is 18.0 Å². The highest BCUT2D eigenvalue weighted by atomic mass is 127. The number of hydrogen-bond acceptors (Lipinski definition) is 3. The second-order valence-corrected chi connectivity index (χ2v) is 5.49. The summed E-state index contributed by atoms with van der Waals surface area (Å²) in [5.74, 6) is 0.329. The second kappa shape index (κ2) is 3.73. The minimum atomic E-state index is -0.377. The van der Waals surface area contributed by atoms with E-state index in [1.54, 1.807) is 0 Å². The molecular weight excluding hydrogens is 324 g/mol. The molecule has 0 saturated carbocycles. The molecule has 0 amide bonds. The molecule has 5 heteroatoms. The molecule has 0 aromatic heterocycles. The predicted molar refractivity (Wildman–Crippen MR) is 66.4 cm³/mol. The van der Waals surface area contributed by atoms with Gasteiger partial charge in [0.25, 0.3) is 0 Å². The summed E-state index contributed by atoms with van der Waals surface area (Å²) in [5.41, 5.74) is 0.508. The topological polar surface area (TPSA) is 32.7 Å². The Morgan fingerprint density at radius 2 is 2.31 bits per heavy atom. The van der Waals surface area contributed by atoms with Crippen LogP contribution in [0.2, 0.25) is 0 Å². The van der Waals surface area contributed by atoms with Crippen molar-refractivity contribution in [1.82, 2.24) is 0 Å². The third kappa shape index (κ3) is 1.57. The van der Waals surface area contributed by atoms with Gasteiger partial charge >= 0.3 is 0 Å². The number of aliphatic hydroxyl groups excluding tert-OH is 1. The highest BCUT2D eigenvalue weighted by molar-refractivity contribution is 14.1. The average Bonchev–Trinajstić information content (AvgIpc) is 2.56. The molecule has 1 fully saturated rings. The maximum absolute atomic E-state index is 13.9. The first-order valence-electron chi connectivity index (χ1n) is 5.21. The number of hydrogen-bond donors (Lipinski definition) is 1. The molecule has 1 aromatic rings. The molecule has 16 heavy (non-hydrogen) atoms. The van der Waals surface area contributed by atoms with Crippen LogP contribution in [0.5, 0.6) is 5.75 Å². The molecule has 3 nitrogen and oxygen atoms in total. The molecule has 1 saturated heterocycles. The van der Waals surface area contributed by atoms with Gasteiger partial charge in [-0.2, -0.15) is 0 Å². The lowest BCUT2D eigenvalue weighted by Gasteiger charge is -2.33. The SMILES string of the molecule is O[C@@H]1C[C@H]2COc3cc(I)cc(F)c3N2C1. The number of rotatable bonds is 0. The maximum atomic E-state index is 13.9.